The molecule has 1 aliphatic heterocycles. The topological polar surface area (TPSA) is 32.3 Å². The Morgan fingerprint density at radius 2 is 2.15 bits per heavy atom. The minimum Gasteiger partial charge on any atom is -0.355 e. The molecule has 0 unspecified atom stereocenters. The van der Waals surface area contributed by atoms with Crippen LogP contribution in [-0.2, 0) is 11.3 Å². The molecule has 0 radical (unpaired) electrons. The zero-order valence-electron chi connectivity index (χ0n) is 12.1. The number of nitrogens with zero attached hydrogens (tertiary/aromatic N) is 1. The molecule has 3 heteroatoms. The molecule has 1 aliphatic rings. The molecule has 20 heavy (non-hydrogen) atoms. The lowest BCUT2D eigenvalue weighted by Gasteiger charge is -2.14. The minimum atomic E-state index is -0.000546. The summed E-state index contributed by atoms with van der Waals surface area (Å²) in [4.78, 5) is 13.2. The Labute approximate surface area is 121 Å². The molecule has 0 aromatic heterocycles. The molecule has 1 saturated heterocycles. The maximum atomic E-state index is 10.7. The van der Waals surface area contributed by atoms with Gasteiger partial charge < -0.3 is 5.32 Å². The van der Waals surface area contributed by atoms with Crippen LogP contribution in [0.3, 0.4) is 0 Å². The summed E-state index contributed by atoms with van der Waals surface area (Å²) < 4.78 is 0. The van der Waals surface area contributed by atoms with E-state index >= 15 is 0 Å². The van der Waals surface area contributed by atoms with Crippen molar-refractivity contribution in [2.75, 3.05) is 19.6 Å². The Bertz CT molecular complexity index is 507. The Balaban J connectivity index is 1.85. The van der Waals surface area contributed by atoms with Gasteiger partial charge in [0.05, 0.1) is 0 Å². The first kappa shape index (κ1) is 14.6. The molecule has 0 aliphatic carbocycles. The summed E-state index contributed by atoms with van der Waals surface area (Å²) in [5.74, 6) is 6.26. The fraction of sp³-hybridized carbons (Fsp3) is 0.471. The molecule has 0 saturated carbocycles. The summed E-state index contributed by atoms with van der Waals surface area (Å²) in [5, 5.41) is 2.74. The first-order valence-corrected chi connectivity index (χ1v) is 7.28. The first-order chi connectivity index (χ1) is 9.74. The van der Waals surface area contributed by atoms with E-state index in [2.05, 4.69) is 40.3 Å². The van der Waals surface area contributed by atoms with E-state index in [1.54, 1.807) is 0 Å². The molecular weight excluding hydrogens is 248 g/mol. The first-order valence-electron chi connectivity index (χ1n) is 7.28. The van der Waals surface area contributed by atoms with E-state index in [1.807, 2.05) is 6.07 Å². The van der Waals surface area contributed by atoms with Crippen LogP contribution in [0.25, 0.3) is 0 Å². The van der Waals surface area contributed by atoms with Crippen LogP contribution in [0.15, 0.2) is 24.3 Å². The number of benzene rings is 1. The minimum absolute atomic E-state index is 0.000546. The van der Waals surface area contributed by atoms with Crippen LogP contribution in [0.5, 0.6) is 0 Å². The molecule has 0 atom stereocenters. The van der Waals surface area contributed by atoms with E-state index in [0.717, 1.165) is 12.1 Å². The molecule has 106 valence electrons. The van der Waals surface area contributed by atoms with Gasteiger partial charge in [0.15, 0.2) is 0 Å². The van der Waals surface area contributed by atoms with Gasteiger partial charge in [0.25, 0.3) is 0 Å². The van der Waals surface area contributed by atoms with Crippen molar-refractivity contribution < 1.29 is 4.79 Å². The van der Waals surface area contributed by atoms with Crippen LogP contribution < -0.4 is 5.32 Å². The zero-order chi connectivity index (χ0) is 14.2. The van der Waals surface area contributed by atoms with Crippen molar-refractivity contribution >= 4 is 5.91 Å². The highest BCUT2D eigenvalue weighted by Gasteiger charge is 2.11. The summed E-state index contributed by atoms with van der Waals surface area (Å²) in [6.07, 6.45) is 3.33. The number of carbonyl (C=O) groups excluding carboxylic acids is 1. The summed E-state index contributed by atoms with van der Waals surface area (Å²) in [6, 6.07) is 8.45. The zero-order valence-corrected chi connectivity index (χ0v) is 12.1. The lowest BCUT2D eigenvalue weighted by molar-refractivity contribution is -0.118. The quantitative estimate of drug-likeness (QED) is 0.672. The fourth-order valence-corrected chi connectivity index (χ4v) is 2.41. The largest absolute Gasteiger partial charge is 0.355 e. The van der Waals surface area contributed by atoms with Crippen molar-refractivity contribution in [1.82, 2.24) is 10.2 Å². The summed E-state index contributed by atoms with van der Waals surface area (Å²) >= 11 is 0. The van der Waals surface area contributed by atoms with Crippen LogP contribution in [0.4, 0.5) is 0 Å². The smallest absolute Gasteiger partial charge is 0.216 e. The van der Waals surface area contributed by atoms with E-state index < -0.39 is 0 Å². The third-order valence-corrected chi connectivity index (χ3v) is 3.39. The van der Waals surface area contributed by atoms with Gasteiger partial charge >= 0.3 is 0 Å². The molecule has 1 heterocycles. The second-order valence-electron chi connectivity index (χ2n) is 5.22. The van der Waals surface area contributed by atoms with Crippen LogP contribution in [0.1, 0.15) is 37.3 Å². The third kappa shape index (κ3) is 5.07. The molecule has 3 nitrogen and oxygen atoms in total. The highest BCUT2D eigenvalue weighted by atomic mass is 16.1. The maximum Gasteiger partial charge on any atom is 0.216 e. The predicted octanol–water partition coefficient (Wildman–Crippen LogP) is 2.16. The number of amides is 1. The van der Waals surface area contributed by atoms with Crippen molar-refractivity contribution in [3.63, 3.8) is 0 Å². The number of nitrogens with one attached hydrogen (secondary N) is 1. The van der Waals surface area contributed by atoms with Crippen molar-refractivity contribution in [2.45, 2.75) is 32.7 Å². The number of rotatable bonds is 4. The van der Waals surface area contributed by atoms with Crippen LogP contribution in [-0.4, -0.2) is 30.4 Å². The normalized spacial score (nSPS) is 14.7. The van der Waals surface area contributed by atoms with Gasteiger partial charge in [-0.3, -0.25) is 9.69 Å². The standard InChI is InChI=1S/C17H22N2O/c1-15(20)18-10-3-2-7-16-8-6-9-17(13-16)14-19-11-4-5-12-19/h6,8-9,13H,3-5,10-12,14H2,1H3,(H,18,20). The number of carbonyl (C=O) groups is 1. The van der Waals surface area contributed by atoms with Crippen LogP contribution in [0, 0.1) is 11.8 Å². The molecule has 2 rings (SSSR count). The van der Waals surface area contributed by atoms with E-state index in [0.29, 0.717) is 13.0 Å². The fourth-order valence-electron chi connectivity index (χ4n) is 2.41. The lowest BCUT2D eigenvalue weighted by Crippen LogP contribution is -2.20. The average molecular weight is 270 g/mol. The molecule has 0 spiro atoms. The van der Waals surface area contributed by atoms with Crippen molar-refractivity contribution in [3.05, 3.63) is 35.4 Å². The van der Waals surface area contributed by atoms with Gasteiger partial charge in [0, 0.05) is 32.0 Å². The summed E-state index contributed by atoms with van der Waals surface area (Å²) in [6.45, 7) is 5.60. The molecular formula is C17H22N2O. The van der Waals surface area contributed by atoms with Gasteiger partial charge in [-0.2, -0.15) is 0 Å². The molecule has 0 bridgehead atoms. The van der Waals surface area contributed by atoms with E-state index in [9.17, 15) is 4.79 Å². The molecule has 1 N–H and O–H groups in total. The predicted molar refractivity (Wildman–Crippen MR) is 81.1 cm³/mol. The average Bonchev–Trinajstić information content (AvgIpc) is 2.91. The Morgan fingerprint density at radius 3 is 2.90 bits per heavy atom. The van der Waals surface area contributed by atoms with Gasteiger partial charge in [-0.25, -0.2) is 0 Å². The molecule has 1 aromatic carbocycles. The highest BCUT2D eigenvalue weighted by Crippen LogP contribution is 2.13. The van der Waals surface area contributed by atoms with Gasteiger partial charge in [-0.05, 0) is 43.6 Å². The number of likely N-dealkylation sites (tertiary alicyclic amines) is 1. The van der Waals surface area contributed by atoms with Crippen LogP contribution in [0.2, 0.25) is 0 Å². The lowest BCUT2D eigenvalue weighted by atomic mass is 10.1. The summed E-state index contributed by atoms with van der Waals surface area (Å²) in [5.41, 5.74) is 2.39. The van der Waals surface area contributed by atoms with Crippen molar-refractivity contribution in [3.8, 4) is 11.8 Å². The van der Waals surface area contributed by atoms with Crippen LogP contribution >= 0.6 is 0 Å². The van der Waals surface area contributed by atoms with Crippen molar-refractivity contribution in [2.24, 2.45) is 0 Å². The number of hydrogen-bond acceptors (Lipinski definition) is 2. The second-order valence-corrected chi connectivity index (χ2v) is 5.22. The molecule has 1 fully saturated rings. The van der Waals surface area contributed by atoms with Gasteiger partial charge in [-0.1, -0.05) is 24.0 Å². The third-order valence-electron chi connectivity index (χ3n) is 3.39. The maximum absolute atomic E-state index is 10.7. The van der Waals surface area contributed by atoms with Gasteiger partial charge in [0.1, 0.15) is 0 Å². The summed E-state index contributed by atoms with van der Waals surface area (Å²) in [7, 11) is 0. The van der Waals surface area contributed by atoms with E-state index in [-0.39, 0.29) is 5.91 Å². The monoisotopic (exact) mass is 270 g/mol. The Morgan fingerprint density at radius 1 is 1.35 bits per heavy atom. The Kier molecular flexibility index (Phi) is 5.64. The molecule has 1 amide bonds. The van der Waals surface area contributed by atoms with E-state index in [1.165, 1.54) is 38.4 Å². The highest BCUT2D eigenvalue weighted by molar-refractivity contribution is 5.72. The second kappa shape index (κ2) is 7.72. The van der Waals surface area contributed by atoms with Gasteiger partial charge in [0.2, 0.25) is 5.91 Å². The Hall–Kier alpha value is -1.79. The molecule has 1 aromatic rings. The van der Waals surface area contributed by atoms with Crippen molar-refractivity contribution in [1.29, 1.82) is 0 Å². The van der Waals surface area contributed by atoms with Gasteiger partial charge in [-0.15, -0.1) is 0 Å². The van der Waals surface area contributed by atoms with E-state index in [4.69, 9.17) is 0 Å². The SMILES string of the molecule is CC(=O)NCCC#Cc1cccc(CN2CCCC2)c1. The number of hydrogen-bond donors (Lipinski definition) is 1.